The Balaban J connectivity index is 1.60. The fraction of sp³-hybridized carbons (Fsp3) is 0.235. The molecule has 1 aromatic heterocycles. The van der Waals surface area contributed by atoms with Gasteiger partial charge in [-0.25, -0.2) is 4.98 Å². The van der Waals surface area contributed by atoms with Gasteiger partial charge >= 0.3 is 0 Å². The summed E-state index contributed by atoms with van der Waals surface area (Å²) in [5.74, 6) is 1.40. The van der Waals surface area contributed by atoms with Crippen LogP contribution in [0.15, 0.2) is 46.9 Å². The molecule has 112 valence electrons. The number of ether oxygens (including phenoxy) is 2. The number of epoxide rings is 1. The van der Waals surface area contributed by atoms with Crippen molar-refractivity contribution in [2.75, 3.05) is 25.6 Å². The Morgan fingerprint density at radius 2 is 2.05 bits per heavy atom. The molecular formula is C17H16N2O3. The summed E-state index contributed by atoms with van der Waals surface area (Å²) in [7, 11) is 1.89. The highest BCUT2D eigenvalue weighted by molar-refractivity contribution is 5.78. The summed E-state index contributed by atoms with van der Waals surface area (Å²) in [4.78, 5) is 4.54. The van der Waals surface area contributed by atoms with Gasteiger partial charge in [0.15, 0.2) is 5.58 Å². The first-order chi connectivity index (χ1) is 10.8. The lowest BCUT2D eigenvalue weighted by Gasteiger charge is -2.02. The third kappa shape index (κ3) is 2.63. The second-order valence-corrected chi connectivity index (χ2v) is 5.24. The third-order valence-corrected chi connectivity index (χ3v) is 3.62. The number of hydrogen-bond donors (Lipinski definition) is 1. The van der Waals surface area contributed by atoms with Gasteiger partial charge in [-0.3, -0.25) is 0 Å². The van der Waals surface area contributed by atoms with E-state index in [-0.39, 0.29) is 6.10 Å². The first-order valence-electron chi connectivity index (χ1n) is 7.25. The van der Waals surface area contributed by atoms with Crippen LogP contribution in [0.5, 0.6) is 5.75 Å². The minimum atomic E-state index is 0.245. The van der Waals surface area contributed by atoms with Gasteiger partial charge in [-0.15, -0.1) is 0 Å². The molecule has 2 aromatic carbocycles. The summed E-state index contributed by atoms with van der Waals surface area (Å²) in [6.45, 7) is 1.38. The zero-order valence-corrected chi connectivity index (χ0v) is 12.2. The second kappa shape index (κ2) is 5.35. The molecule has 1 N–H and O–H groups in total. The summed E-state index contributed by atoms with van der Waals surface area (Å²) in [6.07, 6.45) is 0.245. The van der Waals surface area contributed by atoms with E-state index in [1.807, 2.05) is 49.5 Å². The quantitative estimate of drug-likeness (QED) is 0.732. The molecule has 0 aliphatic carbocycles. The Bertz CT molecular complexity index is 791. The molecule has 0 radical (unpaired) electrons. The van der Waals surface area contributed by atoms with Crippen molar-refractivity contribution in [3.63, 3.8) is 0 Å². The van der Waals surface area contributed by atoms with Crippen molar-refractivity contribution in [2.45, 2.75) is 6.10 Å². The van der Waals surface area contributed by atoms with Gasteiger partial charge in [-0.2, -0.15) is 0 Å². The number of nitrogens with one attached hydrogen (secondary N) is 1. The molecule has 5 heteroatoms. The van der Waals surface area contributed by atoms with E-state index in [0.717, 1.165) is 34.7 Å². The summed E-state index contributed by atoms with van der Waals surface area (Å²) in [5, 5.41) is 3.09. The molecule has 4 rings (SSSR count). The van der Waals surface area contributed by atoms with Crippen LogP contribution >= 0.6 is 0 Å². The Labute approximate surface area is 127 Å². The smallest absolute Gasteiger partial charge is 0.227 e. The fourth-order valence-corrected chi connectivity index (χ4v) is 2.25. The zero-order chi connectivity index (χ0) is 14.9. The van der Waals surface area contributed by atoms with Crippen LogP contribution in [0.3, 0.4) is 0 Å². The maximum atomic E-state index is 5.81. The maximum Gasteiger partial charge on any atom is 0.227 e. The van der Waals surface area contributed by atoms with Crippen LogP contribution in [-0.4, -0.2) is 31.3 Å². The van der Waals surface area contributed by atoms with E-state index in [1.54, 1.807) is 0 Å². The number of fused-ring (bicyclic) bond motifs is 1. The molecule has 0 saturated carbocycles. The first-order valence-corrected chi connectivity index (χ1v) is 7.25. The van der Waals surface area contributed by atoms with Crippen LogP contribution in [0.25, 0.3) is 22.6 Å². The maximum absolute atomic E-state index is 5.81. The highest BCUT2D eigenvalue weighted by Crippen LogP contribution is 2.28. The molecule has 3 aromatic rings. The molecule has 22 heavy (non-hydrogen) atoms. The molecular weight excluding hydrogens is 280 g/mol. The van der Waals surface area contributed by atoms with Crippen molar-refractivity contribution in [1.82, 2.24) is 4.98 Å². The molecule has 0 amide bonds. The Hall–Kier alpha value is -2.53. The number of oxazole rings is 1. The van der Waals surface area contributed by atoms with E-state index in [1.165, 1.54) is 0 Å². The van der Waals surface area contributed by atoms with Crippen LogP contribution < -0.4 is 10.1 Å². The number of nitrogens with zero attached hydrogens (tertiary/aromatic N) is 1. The van der Waals surface area contributed by atoms with Crippen LogP contribution in [-0.2, 0) is 4.74 Å². The molecule has 1 fully saturated rings. The SMILES string of the molecule is CNc1ccc(-c2nc3cc(OC[C@@H]4CO4)ccc3o2)cc1. The normalized spacial score (nSPS) is 16.7. The average Bonchev–Trinajstić information content (AvgIpc) is 3.30. The van der Waals surface area contributed by atoms with E-state index < -0.39 is 0 Å². The van der Waals surface area contributed by atoms with Gasteiger partial charge in [0, 0.05) is 24.4 Å². The van der Waals surface area contributed by atoms with Crippen LogP contribution in [0, 0.1) is 0 Å². The van der Waals surface area contributed by atoms with Crippen molar-refractivity contribution in [2.24, 2.45) is 0 Å². The van der Waals surface area contributed by atoms with E-state index >= 15 is 0 Å². The lowest BCUT2D eigenvalue weighted by Crippen LogP contribution is -2.03. The molecule has 0 spiro atoms. The second-order valence-electron chi connectivity index (χ2n) is 5.24. The monoisotopic (exact) mass is 296 g/mol. The van der Waals surface area contributed by atoms with Crippen molar-refractivity contribution < 1.29 is 13.9 Å². The highest BCUT2D eigenvalue weighted by atomic mass is 16.6. The largest absolute Gasteiger partial charge is 0.491 e. The van der Waals surface area contributed by atoms with Crippen molar-refractivity contribution in [3.05, 3.63) is 42.5 Å². The molecule has 1 saturated heterocycles. The minimum Gasteiger partial charge on any atom is -0.491 e. The van der Waals surface area contributed by atoms with E-state index in [2.05, 4.69) is 10.3 Å². The van der Waals surface area contributed by atoms with E-state index in [4.69, 9.17) is 13.9 Å². The molecule has 1 aliphatic rings. The van der Waals surface area contributed by atoms with Crippen LogP contribution in [0.4, 0.5) is 5.69 Å². The lowest BCUT2D eigenvalue weighted by molar-refractivity contribution is 0.263. The van der Waals surface area contributed by atoms with Gasteiger partial charge in [0.05, 0.1) is 6.61 Å². The number of rotatable bonds is 5. The highest BCUT2D eigenvalue weighted by Gasteiger charge is 2.23. The standard InChI is InChI=1S/C17H16N2O3/c1-18-12-4-2-11(3-5-12)17-19-15-8-13(6-7-16(15)22-17)20-9-14-10-21-14/h2-8,14,18H,9-10H2,1H3/t14-/m1/s1. The minimum absolute atomic E-state index is 0.245. The first kappa shape index (κ1) is 13.2. The zero-order valence-electron chi connectivity index (χ0n) is 12.2. The van der Waals surface area contributed by atoms with Gasteiger partial charge in [-0.1, -0.05) is 0 Å². The number of anilines is 1. The number of benzene rings is 2. The molecule has 0 bridgehead atoms. The van der Waals surface area contributed by atoms with Gasteiger partial charge in [0.25, 0.3) is 0 Å². The summed E-state index contributed by atoms with van der Waals surface area (Å²) in [5.41, 5.74) is 3.55. The summed E-state index contributed by atoms with van der Waals surface area (Å²) >= 11 is 0. The third-order valence-electron chi connectivity index (χ3n) is 3.62. The van der Waals surface area contributed by atoms with Crippen molar-refractivity contribution in [1.29, 1.82) is 0 Å². The predicted molar refractivity (Wildman–Crippen MR) is 84.2 cm³/mol. The number of hydrogen-bond acceptors (Lipinski definition) is 5. The van der Waals surface area contributed by atoms with Gasteiger partial charge < -0.3 is 19.2 Å². The van der Waals surface area contributed by atoms with Gasteiger partial charge in [-0.05, 0) is 36.4 Å². The Morgan fingerprint density at radius 3 is 2.77 bits per heavy atom. The Morgan fingerprint density at radius 1 is 1.23 bits per heavy atom. The average molecular weight is 296 g/mol. The molecule has 2 heterocycles. The fourth-order valence-electron chi connectivity index (χ4n) is 2.25. The molecule has 1 atom stereocenters. The number of aromatic nitrogens is 1. The lowest BCUT2D eigenvalue weighted by atomic mass is 10.2. The van der Waals surface area contributed by atoms with Crippen LogP contribution in [0.2, 0.25) is 0 Å². The topological polar surface area (TPSA) is 59.8 Å². The predicted octanol–water partition coefficient (Wildman–Crippen LogP) is 3.31. The van der Waals surface area contributed by atoms with Gasteiger partial charge in [0.1, 0.15) is 24.0 Å². The molecule has 1 aliphatic heterocycles. The van der Waals surface area contributed by atoms with Gasteiger partial charge in [0.2, 0.25) is 5.89 Å². The van der Waals surface area contributed by atoms with Crippen molar-refractivity contribution >= 4 is 16.8 Å². The molecule has 5 nitrogen and oxygen atoms in total. The van der Waals surface area contributed by atoms with Crippen molar-refractivity contribution in [3.8, 4) is 17.2 Å². The Kier molecular flexibility index (Phi) is 3.20. The molecule has 0 unspecified atom stereocenters. The van der Waals surface area contributed by atoms with Crippen LogP contribution in [0.1, 0.15) is 0 Å². The van der Waals surface area contributed by atoms with E-state index in [9.17, 15) is 0 Å². The summed E-state index contributed by atoms with van der Waals surface area (Å²) in [6, 6.07) is 13.6. The summed E-state index contributed by atoms with van der Waals surface area (Å²) < 4.78 is 16.6. The van der Waals surface area contributed by atoms with E-state index in [0.29, 0.717) is 12.5 Å².